The molecule has 138 valence electrons. The highest BCUT2D eigenvalue weighted by Gasteiger charge is 2.16. The number of carbonyl (C=O) groups excluding carboxylic acids is 1. The second-order valence-electron chi connectivity index (χ2n) is 5.96. The zero-order chi connectivity index (χ0) is 19.7. The van der Waals surface area contributed by atoms with Crippen molar-refractivity contribution in [3.63, 3.8) is 0 Å². The molecule has 0 atom stereocenters. The number of carbonyl (C=O) groups is 2. The molecule has 2 aromatic carbocycles. The SMILES string of the molecule is CC(=O)Nn1cc(C(=O)O)c(=O)c2cc(Cc3cccc(Cl)c3Cl)ccc21. The number of pyridine rings is 1. The Kier molecular flexibility index (Phi) is 5.21. The number of benzene rings is 2. The van der Waals surface area contributed by atoms with E-state index in [0.29, 0.717) is 22.0 Å². The molecule has 8 heteroatoms. The summed E-state index contributed by atoms with van der Waals surface area (Å²) in [4.78, 5) is 35.4. The number of nitrogens with one attached hydrogen (secondary N) is 1. The number of aromatic nitrogens is 1. The van der Waals surface area contributed by atoms with Gasteiger partial charge in [0.2, 0.25) is 11.3 Å². The van der Waals surface area contributed by atoms with Crippen LogP contribution in [-0.2, 0) is 11.2 Å². The van der Waals surface area contributed by atoms with E-state index < -0.39 is 22.9 Å². The van der Waals surface area contributed by atoms with E-state index in [2.05, 4.69) is 5.43 Å². The predicted molar refractivity (Wildman–Crippen MR) is 104 cm³/mol. The number of carboxylic acids is 1. The lowest BCUT2D eigenvalue weighted by Crippen LogP contribution is -2.26. The van der Waals surface area contributed by atoms with Gasteiger partial charge in [-0.3, -0.25) is 19.7 Å². The average molecular weight is 405 g/mol. The van der Waals surface area contributed by atoms with E-state index in [4.69, 9.17) is 23.2 Å². The fraction of sp³-hybridized carbons (Fsp3) is 0.105. The topological polar surface area (TPSA) is 88.4 Å². The number of carboxylic acid groups (broad SMARTS) is 1. The van der Waals surface area contributed by atoms with Crippen molar-refractivity contribution in [2.45, 2.75) is 13.3 Å². The first-order valence-corrected chi connectivity index (χ1v) is 8.65. The van der Waals surface area contributed by atoms with Crippen molar-refractivity contribution in [1.29, 1.82) is 0 Å². The summed E-state index contributed by atoms with van der Waals surface area (Å²) in [6.45, 7) is 1.29. The van der Waals surface area contributed by atoms with Crippen LogP contribution in [-0.4, -0.2) is 21.7 Å². The van der Waals surface area contributed by atoms with Gasteiger partial charge in [-0.15, -0.1) is 0 Å². The van der Waals surface area contributed by atoms with Crippen molar-refractivity contribution in [2.75, 3.05) is 5.43 Å². The molecule has 0 saturated carbocycles. The number of halogens is 2. The average Bonchev–Trinajstić information content (AvgIpc) is 2.61. The number of amides is 1. The molecule has 0 unspecified atom stereocenters. The molecule has 0 fully saturated rings. The van der Waals surface area contributed by atoms with Crippen LogP contribution in [0, 0.1) is 0 Å². The Balaban J connectivity index is 2.17. The maximum atomic E-state index is 12.6. The fourth-order valence-electron chi connectivity index (χ4n) is 2.81. The number of hydrogen-bond donors (Lipinski definition) is 2. The molecule has 0 saturated heterocycles. The quantitative estimate of drug-likeness (QED) is 0.693. The zero-order valence-electron chi connectivity index (χ0n) is 14.1. The first-order valence-electron chi connectivity index (χ1n) is 7.90. The fourth-order valence-corrected chi connectivity index (χ4v) is 3.19. The third-order valence-corrected chi connectivity index (χ3v) is 4.86. The van der Waals surface area contributed by atoms with Crippen molar-refractivity contribution in [3.05, 3.63) is 79.6 Å². The van der Waals surface area contributed by atoms with E-state index in [1.54, 1.807) is 30.3 Å². The summed E-state index contributed by atoms with van der Waals surface area (Å²) >= 11 is 12.3. The Labute approximate surface area is 163 Å². The van der Waals surface area contributed by atoms with Gasteiger partial charge in [0.15, 0.2) is 0 Å². The van der Waals surface area contributed by atoms with Crippen molar-refractivity contribution < 1.29 is 14.7 Å². The molecule has 0 aliphatic carbocycles. The van der Waals surface area contributed by atoms with Gasteiger partial charge in [-0.1, -0.05) is 41.4 Å². The summed E-state index contributed by atoms with van der Waals surface area (Å²) < 4.78 is 1.23. The van der Waals surface area contributed by atoms with Crippen LogP contribution >= 0.6 is 23.2 Å². The summed E-state index contributed by atoms with van der Waals surface area (Å²) in [6.07, 6.45) is 1.51. The third-order valence-electron chi connectivity index (χ3n) is 4.00. The van der Waals surface area contributed by atoms with Crippen molar-refractivity contribution in [2.24, 2.45) is 0 Å². The monoisotopic (exact) mass is 404 g/mol. The molecular formula is C19H14Cl2N2O4. The molecule has 0 spiro atoms. The Hall–Kier alpha value is -2.83. The minimum Gasteiger partial charge on any atom is -0.477 e. The maximum Gasteiger partial charge on any atom is 0.341 e. The second kappa shape index (κ2) is 7.42. The number of aromatic carboxylic acids is 1. The van der Waals surface area contributed by atoms with Gasteiger partial charge >= 0.3 is 5.97 Å². The van der Waals surface area contributed by atoms with E-state index >= 15 is 0 Å². The maximum absolute atomic E-state index is 12.6. The van der Waals surface area contributed by atoms with Crippen molar-refractivity contribution >= 4 is 46.0 Å². The first-order chi connectivity index (χ1) is 12.8. The third kappa shape index (κ3) is 3.82. The second-order valence-corrected chi connectivity index (χ2v) is 6.74. The normalized spacial score (nSPS) is 10.8. The number of nitrogens with zero attached hydrogens (tertiary/aromatic N) is 1. The summed E-state index contributed by atoms with van der Waals surface area (Å²) in [6, 6.07) is 10.3. The standard InChI is InChI=1S/C19H14Cl2N2O4/c1-10(24)22-23-9-14(19(26)27)18(25)13-8-11(5-6-16(13)23)7-12-3-2-4-15(20)17(12)21/h2-6,8-9H,7H2,1H3,(H,22,24)(H,26,27). The van der Waals surface area contributed by atoms with Crippen LogP contribution in [0.2, 0.25) is 10.0 Å². The highest BCUT2D eigenvalue weighted by molar-refractivity contribution is 6.42. The van der Waals surface area contributed by atoms with Crippen LogP contribution in [0.15, 0.2) is 47.4 Å². The van der Waals surface area contributed by atoms with Gasteiger partial charge in [0.05, 0.1) is 15.6 Å². The molecule has 6 nitrogen and oxygen atoms in total. The van der Waals surface area contributed by atoms with E-state index in [1.165, 1.54) is 11.6 Å². The molecule has 3 aromatic rings. The van der Waals surface area contributed by atoms with Gasteiger partial charge in [0.25, 0.3) is 0 Å². The Morgan fingerprint density at radius 2 is 1.93 bits per heavy atom. The van der Waals surface area contributed by atoms with Crippen molar-refractivity contribution in [3.8, 4) is 0 Å². The zero-order valence-corrected chi connectivity index (χ0v) is 15.6. The van der Waals surface area contributed by atoms with E-state index in [0.717, 1.165) is 17.3 Å². The van der Waals surface area contributed by atoms with E-state index in [-0.39, 0.29) is 5.39 Å². The summed E-state index contributed by atoms with van der Waals surface area (Å²) in [5.74, 6) is -1.77. The number of hydrogen-bond acceptors (Lipinski definition) is 3. The summed E-state index contributed by atoms with van der Waals surface area (Å²) in [5, 5.41) is 10.3. The number of rotatable bonds is 4. The van der Waals surface area contributed by atoms with Gasteiger partial charge in [0.1, 0.15) is 5.56 Å². The Morgan fingerprint density at radius 3 is 2.59 bits per heavy atom. The van der Waals surface area contributed by atoms with Crippen LogP contribution in [0.4, 0.5) is 0 Å². The molecule has 27 heavy (non-hydrogen) atoms. The molecule has 1 heterocycles. The van der Waals surface area contributed by atoms with E-state index in [9.17, 15) is 19.5 Å². The highest BCUT2D eigenvalue weighted by Crippen LogP contribution is 2.28. The van der Waals surface area contributed by atoms with Crippen LogP contribution in [0.5, 0.6) is 0 Å². The van der Waals surface area contributed by atoms with Crippen LogP contribution in [0.1, 0.15) is 28.4 Å². The summed E-state index contributed by atoms with van der Waals surface area (Å²) in [7, 11) is 0. The molecule has 3 rings (SSSR count). The van der Waals surface area contributed by atoms with Crippen LogP contribution < -0.4 is 10.9 Å². The lowest BCUT2D eigenvalue weighted by Gasteiger charge is -2.13. The molecule has 0 aliphatic heterocycles. The van der Waals surface area contributed by atoms with Crippen molar-refractivity contribution in [1.82, 2.24) is 4.68 Å². The Bertz CT molecular complexity index is 1140. The first kappa shape index (κ1) is 18.9. The molecular weight excluding hydrogens is 391 g/mol. The highest BCUT2D eigenvalue weighted by atomic mass is 35.5. The van der Waals surface area contributed by atoms with Gasteiger partial charge in [0, 0.05) is 18.5 Å². The molecule has 0 radical (unpaired) electrons. The van der Waals surface area contributed by atoms with Gasteiger partial charge in [-0.25, -0.2) is 4.79 Å². The predicted octanol–water partition coefficient (Wildman–Crippen LogP) is 3.69. The lowest BCUT2D eigenvalue weighted by atomic mass is 10.0. The summed E-state index contributed by atoms with van der Waals surface area (Å²) in [5.41, 5.74) is 3.35. The molecule has 0 bridgehead atoms. The van der Waals surface area contributed by atoms with Gasteiger partial charge in [-0.2, -0.15) is 0 Å². The lowest BCUT2D eigenvalue weighted by molar-refractivity contribution is -0.115. The minimum atomic E-state index is -1.37. The van der Waals surface area contributed by atoms with Gasteiger partial charge in [-0.05, 0) is 35.7 Å². The van der Waals surface area contributed by atoms with Crippen LogP contribution in [0.3, 0.4) is 0 Å². The largest absolute Gasteiger partial charge is 0.477 e. The molecule has 0 aliphatic rings. The minimum absolute atomic E-state index is 0.180. The molecule has 1 amide bonds. The molecule has 1 aromatic heterocycles. The van der Waals surface area contributed by atoms with Crippen LogP contribution in [0.25, 0.3) is 10.9 Å². The molecule has 2 N–H and O–H groups in total. The smallest absolute Gasteiger partial charge is 0.341 e. The van der Waals surface area contributed by atoms with E-state index in [1.807, 2.05) is 6.07 Å². The number of fused-ring (bicyclic) bond motifs is 1. The Morgan fingerprint density at radius 1 is 1.19 bits per heavy atom. The van der Waals surface area contributed by atoms with Gasteiger partial charge < -0.3 is 5.11 Å².